The Hall–Kier alpha value is -6.04. The van der Waals surface area contributed by atoms with E-state index in [1.54, 1.807) is 6.20 Å². The molecule has 304 valence electrons. The van der Waals surface area contributed by atoms with Crippen molar-refractivity contribution >= 4 is 41.5 Å². The summed E-state index contributed by atoms with van der Waals surface area (Å²) in [5, 5.41) is 21.5. The molecule has 3 aromatic heterocycles. The van der Waals surface area contributed by atoms with Crippen LogP contribution in [0.3, 0.4) is 0 Å². The van der Waals surface area contributed by atoms with Crippen LogP contribution >= 0.6 is 11.6 Å². The van der Waals surface area contributed by atoms with Crippen LogP contribution in [0.1, 0.15) is 32.0 Å². The zero-order valence-corrected chi connectivity index (χ0v) is 36.1. The molecule has 11 heteroatoms. The van der Waals surface area contributed by atoms with Crippen molar-refractivity contribution in [2.45, 2.75) is 45.3 Å². The molecule has 0 fully saturated rings. The number of aliphatic hydroxyl groups excluding tert-OH is 1. The van der Waals surface area contributed by atoms with Crippen LogP contribution in [0.4, 0.5) is 0 Å². The molecule has 2 N–H and O–H groups in total. The van der Waals surface area contributed by atoms with Gasteiger partial charge >= 0.3 is 8.32 Å². The molecule has 0 spiro atoms. The monoisotopic (exact) mass is 832 g/mol. The van der Waals surface area contributed by atoms with Gasteiger partial charge in [0.1, 0.15) is 35.6 Å². The number of fused-ring (bicyclic) bond motifs is 1. The number of ether oxygens (including phenoxy) is 1. The van der Waals surface area contributed by atoms with Crippen molar-refractivity contribution in [2.75, 3.05) is 19.7 Å². The number of pyridine rings is 1. The number of aliphatic hydroxyl groups is 1. The SMILES string of the molecule is Cc1ccn(-c2ccc(-c3nc4cccnc4n3-c3ccc(CCNC[C@H](O)COc4ccc(O[Si](c5ccccc5)(c5ccccc5)C(C)(C)C)cc4)cc3)c(Cl)c2)n1. The summed E-state index contributed by atoms with van der Waals surface area (Å²) in [6.07, 6.45) is 3.81. The molecule has 5 aromatic carbocycles. The summed E-state index contributed by atoms with van der Waals surface area (Å²) in [5.41, 5.74) is 6.23. The van der Waals surface area contributed by atoms with Crippen molar-refractivity contribution in [3.05, 3.63) is 174 Å². The molecule has 0 saturated heterocycles. The van der Waals surface area contributed by atoms with Crippen LogP contribution in [-0.2, 0) is 6.42 Å². The van der Waals surface area contributed by atoms with Gasteiger partial charge in [-0.25, -0.2) is 14.6 Å². The number of imidazole rings is 1. The highest BCUT2D eigenvalue weighted by Crippen LogP contribution is 2.38. The Morgan fingerprint density at radius 1 is 0.783 bits per heavy atom. The Morgan fingerprint density at radius 3 is 2.08 bits per heavy atom. The van der Waals surface area contributed by atoms with E-state index in [4.69, 9.17) is 25.7 Å². The van der Waals surface area contributed by atoms with Crippen LogP contribution in [0, 0.1) is 6.92 Å². The Balaban J connectivity index is 0.864. The third kappa shape index (κ3) is 8.64. The van der Waals surface area contributed by atoms with Gasteiger partial charge in [-0.05, 0) is 114 Å². The third-order valence-corrected chi connectivity index (χ3v) is 16.0. The lowest BCUT2D eigenvalue weighted by molar-refractivity contribution is 0.106. The number of aryl methyl sites for hydroxylation is 1. The minimum atomic E-state index is -2.74. The summed E-state index contributed by atoms with van der Waals surface area (Å²) in [6, 6.07) is 49.0. The fourth-order valence-electron chi connectivity index (χ4n) is 7.72. The van der Waals surface area contributed by atoms with Crippen molar-refractivity contribution in [3.63, 3.8) is 0 Å². The van der Waals surface area contributed by atoms with Crippen molar-refractivity contribution in [2.24, 2.45) is 0 Å². The van der Waals surface area contributed by atoms with E-state index in [0.29, 0.717) is 29.7 Å². The number of benzene rings is 5. The lowest BCUT2D eigenvalue weighted by Crippen LogP contribution is -2.68. The third-order valence-electron chi connectivity index (χ3n) is 10.7. The average molecular weight is 834 g/mol. The predicted octanol–water partition coefficient (Wildman–Crippen LogP) is 8.75. The van der Waals surface area contributed by atoms with Gasteiger partial charge in [-0.2, -0.15) is 5.10 Å². The normalized spacial score (nSPS) is 12.4. The zero-order chi connectivity index (χ0) is 41.7. The Morgan fingerprint density at radius 2 is 1.45 bits per heavy atom. The molecule has 3 heterocycles. The highest BCUT2D eigenvalue weighted by Gasteiger charge is 2.52. The second-order valence-electron chi connectivity index (χ2n) is 16.0. The van der Waals surface area contributed by atoms with Crippen LogP contribution < -0.4 is 24.9 Å². The average Bonchev–Trinajstić information content (AvgIpc) is 3.88. The molecule has 0 radical (unpaired) electrons. The quantitative estimate of drug-likeness (QED) is 0.0788. The summed E-state index contributed by atoms with van der Waals surface area (Å²) < 4.78 is 17.0. The molecular weight excluding hydrogens is 784 g/mol. The maximum absolute atomic E-state index is 10.8. The first-order valence-electron chi connectivity index (χ1n) is 20.3. The Kier molecular flexibility index (Phi) is 12.0. The topological polar surface area (TPSA) is 99.3 Å². The largest absolute Gasteiger partial charge is 0.534 e. The smallest absolute Gasteiger partial charge is 0.319 e. The van der Waals surface area contributed by atoms with Crippen LogP contribution in [0.2, 0.25) is 10.1 Å². The molecule has 9 nitrogen and oxygen atoms in total. The van der Waals surface area contributed by atoms with Crippen molar-refractivity contribution < 1.29 is 14.3 Å². The number of hydrogen-bond acceptors (Lipinski definition) is 7. The van der Waals surface area contributed by atoms with Gasteiger partial charge in [0.05, 0.1) is 16.4 Å². The summed E-state index contributed by atoms with van der Waals surface area (Å²) in [7, 11) is -2.74. The predicted molar refractivity (Wildman–Crippen MR) is 244 cm³/mol. The van der Waals surface area contributed by atoms with E-state index in [-0.39, 0.29) is 11.6 Å². The molecule has 60 heavy (non-hydrogen) atoms. The van der Waals surface area contributed by atoms with E-state index in [0.717, 1.165) is 51.5 Å². The molecular formula is C49H49ClN6O3Si. The number of nitrogens with zero attached hydrogens (tertiary/aromatic N) is 5. The van der Waals surface area contributed by atoms with Crippen molar-refractivity contribution in [3.8, 4) is 34.3 Å². The Labute approximate surface area is 357 Å². The molecule has 0 aliphatic carbocycles. The van der Waals surface area contributed by atoms with Gasteiger partial charge in [0.2, 0.25) is 0 Å². The van der Waals surface area contributed by atoms with E-state index in [1.807, 2.05) is 95.2 Å². The van der Waals surface area contributed by atoms with Gasteiger partial charge in [-0.3, -0.25) is 4.57 Å². The van der Waals surface area contributed by atoms with Crippen molar-refractivity contribution in [1.29, 1.82) is 0 Å². The number of halogens is 1. The van der Waals surface area contributed by atoms with Gasteiger partial charge in [0, 0.05) is 30.2 Å². The summed E-state index contributed by atoms with van der Waals surface area (Å²) in [5.74, 6) is 2.18. The first-order chi connectivity index (χ1) is 29.1. The number of hydrogen-bond donors (Lipinski definition) is 2. The second kappa shape index (κ2) is 17.7. The molecule has 0 amide bonds. The van der Waals surface area contributed by atoms with Crippen LogP contribution in [0.25, 0.3) is 33.9 Å². The fourth-order valence-corrected chi connectivity index (χ4v) is 12.4. The maximum atomic E-state index is 10.8. The van der Waals surface area contributed by atoms with E-state index in [9.17, 15) is 5.11 Å². The maximum Gasteiger partial charge on any atom is 0.319 e. The van der Waals surface area contributed by atoms with Gasteiger partial charge < -0.3 is 19.6 Å². The first kappa shape index (κ1) is 40.7. The molecule has 8 rings (SSSR count). The number of nitrogens with one attached hydrogen (secondary N) is 1. The molecule has 0 aliphatic rings. The summed E-state index contributed by atoms with van der Waals surface area (Å²) >= 11 is 6.90. The number of rotatable bonds is 15. The molecule has 1 atom stereocenters. The standard InChI is InChI=1S/C49H49ClN6O3Si/c1-35-28-31-55(54-35)38-21-26-44(45(50)32-38)47-53-46-16-11-29-52-48(46)56(47)37-19-17-36(18-20-37)27-30-51-33-39(57)34-58-40-22-24-41(25-23-40)59-60(49(2,3)4,42-12-7-5-8-13-42)43-14-9-6-10-15-43/h5-26,28-29,31-32,39,51,57H,27,30,33-34H2,1-4H3/t39-/m0/s1. The Bertz CT molecular complexity index is 2620. The van der Waals surface area contributed by atoms with Gasteiger partial charge in [-0.15, -0.1) is 0 Å². The molecule has 0 saturated carbocycles. The fraction of sp³-hybridized carbons (Fsp3) is 0.204. The van der Waals surface area contributed by atoms with Crippen LogP contribution in [0.5, 0.6) is 11.5 Å². The number of aromatic nitrogens is 5. The highest BCUT2D eigenvalue weighted by atomic mass is 35.5. The lowest BCUT2D eigenvalue weighted by Gasteiger charge is -2.43. The van der Waals surface area contributed by atoms with Gasteiger partial charge in [-0.1, -0.05) is 105 Å². The summed E-state index contributed by atoms with van der Waals surface area (Å²) in [6.45, 7) is 10.0. The van der Waals surface area contributed by atoms with Gasteiger partial charge in [0.25, 0.3) is 0 Å². The van der Waals surface area contributed by atoms with Crippen molar-refractivity contribution in [1.82, 2.24) is 29.6 Å². The van der Waals surface area contributed by atoms with Gasteiger partial charge in [0.15, 0.2) is 5.65 Å². The van der Waals surface area contributed by atoms with E-state index in [1.165, 1.54) is 10.4 Å². The lowest BCUT2D eigenvalue weighted by atomic mass is 10.1. The molecule has 0 unspecified atom stereocenters. The summed E-state index contributed by atoms with van der Waals surface area (Å²) in [4.78, 5) is 9.63. The van der Waals surface area contributed by atoms with E-state index >= 15 is 0 Å². The molecule has 0 aliphatic heterocycles. The first-order valence-corrected chi connectivity index (χ1v) is 22.5. The van der Waals surface area contributed by atoms with E-state index < -0.39 is 14.4 Å². The molecule has 8 aromatic rings. The highest BCUT2D eigenvalue weighted by molar-refractivity contribution is 7.00. The molecule has 0 bridgehead atoms. The zero-order valence-electron chi connectivity index (χ0n) is 34.3. The van der Waals surface area contributed by atoms with Crippen LogP contribution in [-0.4, -0.2) is 63.5 Å². The minimum Gasteiger partial charge on any atom is -0.534 e. The van der Waals surface area contributed by atoms with Crippen LogP contribution in [0.15, 0.2) is 158 Å². The minimum absolute atomic E-state index is 0.145. The van der Waals surface area contributed by atoms with E-state index in [2.05, 4.69) is 109 Å². The second-order valence-corrected chi connectivity index (χ2v) is 20.6.